The highest BCUT2D eigenvalue weighted by Gasteiger charge is 2.30. The third kappa shape index (κ3) is 4.07. The number of aliphatic carboxylic acids is 1. The second kappa shape index (κ2) is 7.51. The molecule has 25 heavy (non-hydrogen) atoms. The van der Waals surface area contributed by atoms with E-state index in [-0.39, 0.29) is 11.9 Å². The van der Waals surface area contributed by atoms with Gasteiger partial charge in [-0.15, -0.1) is 0 Å². The van der Waals surface area contributed by atoms with E-state index in [9.17, 15) is 14.7 Å². The highest BCUT2D eigenvalue weighted by atomic mass is 16.4. The summed E-state index contributed by atoms with van der Waals surface area (Å²) in [5, 5.41) is 16.7. The third-order valence-electron chi connectivity index (χ3n) is 4.77. The first-order valence-corrected chi connectivity index (χ1v) is 8.71. The van der Waals surface area contributed by atoms with Gasteiger partial charge >= 0.3 is 5.97 Å². The second-order valence-corrected chi connectivity index (χ2v) is 6.61. The first-order valence-electron chi connectivity index (χ1n) is 8.71. The first-order chi connectivity index (χ1) is 12.0. The van der Waals surface area contributed by atoms with E-state index in [1.807, 2.05) is 31.3 Å². The standard InChI is InChI=1S/C19H23N3O3/c1-13-11-12-22(21-13)15-9-7-14(8-10-15)18(23)20-17-6-4-2-3-5-16(17)19(24)25/h7-12,16-17H,2-6H2,1H3,(H,20,23)(H,24,25)/t16-,17+/m1/s1. The lowest BCUT2D eigenvalue weighted by atomic mass is 9.94. The van der Waals surface area contributed by atoms with Crippen LogP contribution in [0.4, 0.5) is 0 Å². The Bertz CT molecular complexity index is 752. The predicted molar refractivity (Wildman–Crippen MR) is 93.8 cm³/mol. The van der Waals surface area contributed by atoms with E-state index < -0.39 is 11.9 Å². The molecule has 3 rings (SSSR count). The van der Waals surface area contributed by atoms with Crippen molar-refractivity contribution in [3.63, 3.8) is 0 Å². The minimum atomic E-state index is -0.823. The van der Waals surface area contributed by atoms with Gasteiger partial charge in [0.1, 0.15) is 0 Å². The molecule has 2 N–H and O–H groups in total. The molecule has 0 aliphatic heterocycles. The molecule has 1 fully saturated rings. The van der Waals surface area contributed by atoms with Gasteiger partial charge in [-0.05, 0) is 50.1 Å². The highest BCUT2D eigenvalue weighted by Crippen LogP contribution is 2.24. The minimum Gasteiger partial charge on any atom is -0.481 e. The average Bonchev–Trinajstić information content (AvgIpc) is 2.89. The van der Waals surface area contributed by atoms with Gasteiger partial charge in [-0.2, -0.15) is 5.10 Å². The lowest BCUT2D eigenvalue weighted by Gasteiger charge is -2.23. The van der Waals surface area contributed by atoms with Gasteiger partial charge in [0.25, 0.3) is 5.91 Å². The number of nitrogens with one attached hydrogen (secondary N) is 1. The number of hydrogen-bond acceptors (Lipinski definition) is 3. The molecule has 1 aliphatic rings. The van der Waals surface area contributed by atoms with Crippen LogP contribution in [-0.2, 0) is 4.79 Å². The van der Waals surface area contributed by atoms with Gasteiger partial charge in [0.05, 0.1) is 17.3 Å². The van der Waals surface area contributed by atoms with Crippen molar-refractivity contribution in [2.45, 2.75) is 45.1 Å². The Labute approximate surface area is 146 Å². The maximum absolute atomic E-state index is 12.5. The van der Waals surface area contributed by atoms with Crippen LogP contribution in [0, 0.1) is 12.8 Å². The fourth-order valence-electron chi connectivity index (χ4n) is 3.35. The molecule has 1 saturated carbocycles. The number of nitrogens with zero attached hydrogens (tertiary/aromatic N) is 2. The molecule has 1 aromatic heterocycles. The highest BCUT2D eigenvalue weighted by molar-refractivity contribution is 5.94. The van der Waals surface area contributed by atoms with Crippen molar-refractivity contribution in [1.29, 1.82) is 0 Å². The summed E-state index contributed by atoms with van der Waals surface area (Å²) in [5.74, 6) is -1.55. The van der Waals surface area contributed by atoms with Crippen molar-refractivity contribution >= 4 is 11.9 Å². The lowest BCUT2D eigenvalue weighted by Crippen LogP contribution is -2.42. The van der Waals surface area contributed by atoms with E-state index in [2.05, 4.69) is 10.4 Å². The van der Waals surface area contributed by atoms with Gasteiger partial charge in [-0.25, -0.2) is 4.68 Å². The van der Waals surface area contributed by atoms with Gasteiger partial charge < -0.3 is 10.4 Å². The maximum Gasteiger partial charge on any atom is 0.308 e. The topological polar surface area (TPSA) is 84.2 Å². The van der Waals surface area contributed by atoms with Crippen LogP contribution in [-0.4, -0.2) is 32.8 Å². The Balaban J connectivity index is 1.70. The summed E-state index contributed by atoms with van der Waals surface area (Å²) < 4.78 is 1.75. The molecule has 1 heterocycles. The van der Waals surface area contributed by atoms with Crippen LogP contribution in [0.25, 0.3) is 5.69 Å². The van der Waals surface area contributed by atoms with Crippen LogP contribution in [0.15, 0.2) is 36.5 Å². The number of carboxylic acids is 1. The van der Waals surface area contributed by atoms with Gasteiger partial charge in [0, 0.05) is 17.8 Å². The van der Waals surface area contributed by atoms with Gasteiger partial charge in [-0.3, -0.25) is 9.59 Å². The molecule has 0 radical (unpaired) electrons. The first kappa shape index (κ1) is 17.2. The zero-order chi connectivity index (χ0) is 17.8. The van der Waals surface area contributed by atoms with Crippen molar-refractivity contribution in [2.75, 3.05) is 0 Å². The van der Waals surface area contributed by atoms with Crippen molar-refractivity contribution in [2.24, 2.45) is 5.92 Å². The molecule has 0 bridgehead atoms. The van der Waals surface area contributed by atoms with E-state index in [0.29, 0.717) is 18.4 Å². The lowest BCUT2D eigenvalue weighted by molar-refractivity contribution is -0.142. The van der Waals surface area contributed by atoms with Crippen molar-refractivity contribution < 1.29 is 14.7 Å². The Hall–Kier alpha value is -2.63. The second-order valence-electron chi connectivity index (χ2n) is 6.61. The zero-order valence-electron chi connectivity index (χ0n) is 14.3. The summed E-state index contributed by atoms with van der Waals surface area (Å²) in [4.78, 5) is 24.0. The molecule has 132 valence electrons. The number of carbonyl (C=O) groups excluding carboxylic acids is 1. The normalized spacial score (nSPS) is 20.7. The van der Waals surface area contributed by atoms with Crippen LogP contribution in [0.1, 0.15) is 48.2 Å². The van der Waals surface area contributed by atoms with E-state index in [1.54, 1.807) is 16.8 Å². The molecular weight excluding hydrogens is 318 g/mol. The van der Waals surface area contributed by atoms with Crippen LogP contribution < -0.4 is 5.32 Å². The number of benzene rings is 1. The molecule has 1 aromatic carbocycles. The van der Waals surface area contributed by atoms with E-state index >= 15 is 0 Å². The Morgan fingerprint density at radius 3 is 2.48 bits per heavy atom. The summed E-state index contributed by atoms with van der Waals surface area (Å²) in [7, 11) is 0. The van der Waals surface area contributed by atoms with E-state index in [0.717, 1.165) is 30.6 Å². The summed E-state index contributed by atoms with van der Waals surface area (Å²) in [6, 6.07) is 8.77. The summed E-state index contributed by atoms with van der Waals surface area (Å²) >= 11 is 0. The van der Waals surface area contributed by atoms with Gasteiger partial charge in [0.15, 0.2) is 0 Å². The molecule has 0 unspecified atom stereocenters. The molecule has 0 spiro atoms. The van der Waals surface area contributed by atoms with Crippen LogP contribution >= 0.6 is 0 Å². The van der Waals surface area contributed by atoms with Gasteiger partial charge in [-0.1, -0.05) is 19.3 Å². The Morgan fingerprint density at radius 1 is 1.12 bits per heavy atom. The quantitative estimate of drug-likeness (QED) is 0.838. The molecule has 1 aliphatic carbocycles. The van der Waals surface area contributed by atoms with Crippen molar-refractivity contribution in [1.82, 2.24) is 15.1 Å². The monoisotopic (exact) mass is 341 g/mol. The number of hydrogen-bond donors (Lipinski definition) is 2. The number of carbonyl (C=O) groups is 2. The summed E-state index contributed by atoms with van der Waals surface area (Å²) in [5.41, 5.74) is 2.33. The van der Waals surface area contributed by atoms with Crippen molar-refractivity contribution in [3.8, 4) is 5.69 Å². The fourth-order valence-corrected chi connectivity index (χ4v) is 3.35. The third-order valence-corrected chi connectivity index (χ3v) is 4.77. The maximum atomic E-state index is 12.5. The number of amides is 1. The van der Waals surface area contributed by atoms with Crippen molar-refractivity contribution in [3.05, 3.63) is 47.8 Å². The number of carboxylic acid groups (broad SMARTS) is 1. The smallest absolute Gasteiger partial charge is 0.308 e. The van der Waals surface area contributed by atoms with Gasteiger partial charge in [0.2, 0.25) is 0 Å². The largest absolute Gasteiger partial charge is 0.481 e. The van der Waals surface area contributed by atoms with Crippen LogP contribution in [0.2, 0.25) is 0 Å². The van der Waals surface area contributed by atoms with Crippen LogP contribution in [0.5, 0.6) is 0 Å². The average molecular weight is 341 g/mol. The number of aromatic nitrogens is 2. The molecule has 6 heteroatoms. The molecular formula is C19H23N3O3. The van der Waals surface area contributed by atoms with E-state index in [1.165, 1.54) is 0 Å². The molecule has 2 atom stereocenters. The molecule has 0 saturated heterocycles. The predicted octanol–water partition coefficient (Wildman–Crippen LogP) is 2.94. The molecule has 1 amide bonds. The summed E-state index contributed by atoms with van der Waals surface area (Å²) in [6.07, 6.45) is 6.08. The SMILES string of the molecule is Cc1ccn(-c2ccc(C(=O)N[C@H]3CCCCC[C@H]3C(=O)O)cc2)n1. The zero-order valence-corrected chi connectivity index (χ0v) is 14.3. The molecule has 2 aromatic rings. The van der Waals surface area contributed by atoms with E-state index in [4.69, 9.17) is 0 Å². The fraction of sp³-hybridized carbons (Fsp3) is 0.421. The Kier molecular flexibility index (Phi) is 5.16. The van der Waals surface area contributed by atoms with Crippen LogP contribution in [0.3, 0.4) is 0 Å². The molecule has 6 nitrogen and oxygen atoms in total. The Morgan fingerprint density at radius 2 is 1.84 bits per heavy atom. The number of aryl methyl sites for hydroxylation is 1. The summed E-state index contributed by atoms with van der Waals surface area (Å²) in [6.45, 7) is 1.92. The minimum absolute atomic E-state index is 0.221. The number of rotatable bonds is 4.